The molecule has 0 radical (unpaired) electrons. The van der Waals surface area contributed by atoms with Crippen LogP contribution in [-0.2, 0) is 11.2 Å². The van der Waals surface area contributed by atoms with Crippen molar-refractivity contribution in [2.24, 2.45) is 0 Å². The molecule has 2 heterocycles. The van der Waals surface area contributed by atoms with Gasteiger partial charge in [0.2, 0.25) is 6.79 Å². The number of fused-ring (bicyclic) bond motifs is 2. The number of amides is 1. The molecule has 0 fully saturated rings. The molecule has 0 saturated carbocycles. The Labute approximate surface area is 149 Å². The smallest absolute Gasteiger partial charge is 0.337 e. The van der Waals surface area contributed by atoms with E-state index in [1.54, 1.807) is 36.4 Å². The Kier molecular flexibility index (Phi) is 4.12. The van der Waals surface area contributed by atoms with Crippen LogP contribution in [0.2, 0.25) is 0 Å². The number of carbonyl (C=O) groups is 2. The van der Waals surface area contributed by atoms with Gasteiger partial charge in [-0.05, 0) is 42.0 Å². The molecule has 0 saturated heterocycles. The molecule has 2 aromatic carbocycles. The number of hydrogen-bond donors (Lipinski definition) is 1. The molecule has 0 spiro atoms. The number of nitrogens with one attached hydrogen (secondary N) is 1. The van der Waals surface area contributed by atoms with Crippen LogP contribution in [-0.4, -0.2) is 38.4 Å². The largest absolute Gasteiger partial charge is 0.488 e. The Morgan fingerprint density at radius 2 is 1.85 bits per heavy atom. The third-order valence-corrected chi connectivity index (χ3v) is 4.35. The first-order chi connectivity index (χ1) is 12.6. The van der Waals surface area contributed by atoms with E-state index < -0.39 is 0 Å². The van der Waals surface area contributed by atoms with E-state index in [4.69, 9.17) is 18.9 Å². The summed E-state index contributed by atoms with van der Waals surface area (Å²) in [5, 5.41) is 2.86. The van der Waals surface area contributed by atoms with E-state index in [1.807, 2.05) is 0 Å². The molecule has 7 nitrogen and oxygen atoms in total. The molecule has 2 aliphatic rings. The van der Waals surface area contributed by atoms with Crippen molar-refractivity contribution < 1.29 is 28.5 Å². The van der Waals surface area contributed by atoms with Crippen LogP contribution in [0.4, 0.5) is 0 Å². The third-order valence-electron chi connectivity index (χ3n) is 4.35. The van der Waals surface area contributed by atoms with Gasteiger partial charge in [0.15, 0.2) is 11.5 Å². The molecule has 0 aliphatic carbocycles. The highest BCUT2D eigenvalue weighted by Gasteiger charge is 2.25. The van der Waals surface area contributed by atoms with Gasteiger partial charge in [0, 0.05) is 12.0 Å². The van der Waals surface area contributed by atoms with E-state index in [0.717, 1.165) is 11.3 Å². The maximum atomic E-state index is 12.3. The zero-order valence-electron chi connectivity index (χ0n) is 14.1. The lowest BCUT2D eigenvalue weighted by atomic mass is 10.1. The van der Waals surface area contributed by atoms with Crippen LogP contribution in [0.1, 0.15) is 26.3 Å². The van der Waals surface area contributed by atoms with Crippen LogP contribution in [0.5, 0.6) is 17.2 Å². The minimum absolute atomic E-state index is 0.169. The highest BCUT2D eigenvalue weighted by molar-refractivity contribution is 5.95. The molecule has 1 atom stereocenters. The molecule has 2 aliphatic heterocycles. The van der Waals surface area contributed by atoms with Crippen molar-refractivity contribution >= 4 is 11.9 Å². The summed E-state index contributed by atoms with van der Waals surface area (Å²) in [6, 6.07) is 10.2. The number of rotatable bonds is 4. The summed E-state index contributed by atoms with van der Waals surface area (Å²) in [6.45, 7) is 0.525. The lowest BCUT2D eigenvalue weighted by Crippen LogP contribution is -2.34. The molecule has 0 unspecified atom stereocenters. The number of methoxy groups -OCH3 is 1. The fourth-order valence-corrected chi connectivity index (χ4v) is 3.03. The van der Waals surface area contributed by atoms with Crippen molar-refractivity contribution in [2.45, 2.75) is 12.5 Å². The van der Waals surface area contributed by atoms with Gasteiger partial charge < -0.3 is 24.3 Å². The third kappa shape index (κ3) is 3.03. The van der Waals surface area contributed by atoms with Gasteiger partial charge in [0.25, 0.3) is 5.91 Å². The van der Waals surface area contributed by atoms with Crippen molar-refractivity contribution in [1.82, 2.24) is 5.32 Å². The zero-order chi connectivity index (χ0) is 18.1. The maximum Gasteiger partial charge on any atom is 0.337 e. The summed E-state index contributed by atoms with van der Waals surface area (Å²) in [7, 11) is 1.35. The second-order valence-electron chi connectivity index (χ2n) is 6.04. The molecular weight excluding hydrogens is 338 g/mol. The van der Waals surface area contributed by atoms with Crippen LogP contribution >= 0.6 is 0 Å². The van der Waals surface area contributed by atoms with Gasteiger partial charge >= 0.3 is 5.97 Å². The van der Waals surface area contributed by atoms with Gasteiger partial charge in [-0.25, -0.2) is 4.79 Å². The average Bonchev–Trinajstić information content (AvgIpc) is 3.30. The van der Waals surface area contributed by atoms with E-state index in [1.165, 1.54) is 7.11 Å². The Bertz CT molecular complexity index is 878. The average molecular weight is 355 g/mol. The molecule has 7 heteroatoms. The molecule has 2 aromatic rings. The Balaban J connectivity index is 1.37. The quantitative estimate of drug-likeness (QED) is 0.844. The Hall–Kier alpha value is -3.22. The Morgan fingerprint density at radius 3 is 2.69 bits per heavy atom. The van der Waals surface area contributed by atoms with Gasteiger partial charge in [0.05, 0.1) is 19.2 Å². The van der Waals surface area contributed by atoms with Crippen molar-refractivity contribution in [3.8, 4) is 17.2 Å². The number of hydrogen-bond acceptors (Lipinski definition) is 6. The summed E-state index contributed by atoms with van der Waals surface area (Å²) in [6.07, 6.45) is 0.428. The van der Waals surface area contributed by atoms with Crippen molar-refractivity contribution in [1.29, 1.82) is 0 Å². The molecule has 1 N–H and O–H groups in total. The fraction of sp³-hybridized carbons (Fsp3) is 0.263. The predicted molar refractivity (Wildman–Crippen MR) is 90.8 cm³/mol. The van der Waals surface area contributed by atoms with Crippen molar-refractivity contribution in [3.05, 3.63) is 53.1 Å². The first kappa shape index (κ1) is 16.3. The summed E-state index contributed by atoms with van der Waals surface area (Å²) < 4.78 is 21.1. The minimum atomic E-state index is -0.382. The highest BCUT2D eigenvalue weighted by Crippen LogP contribution is 2.32. The molecule has 1 amide bonds. The normalized spacial score (nSPS) is 16.6. The topological polar surface area (TPSA) is 83.1 Å². The number of ether oxygens (including phenoxy) is 4. The van der Waals surface area contributed by atoms with Gasteiger partial charge in [-0.15, -0.1) is 0 Å². The summed E-state index contributed by atoms with van der Waals surface area (Å²) in [5.74, 6) is 1.33. The van der Waals surface area contributed by atoms with Crippen molar-refractivity contribution in [3.63, 3.8) is 0 Å². The molecule has 134 valence electrons. The highest BCUT2D eigenvalue weighted by atomic mass is 16.7. The van der Waals surface area contributed by atoms with Gasteiger partial charge in [-0.2, -0.15) is 0 Å². The standard InChI is InChI=1S/C19H17NO6/c1-23-19(22)12-3-4-15-13(6-12)7-14(26-15)9-20-18(21)11-2-5-16-17(8-11)25-10-24-16/h2-6,8,14H,7,9-10H2,1H3,(H,20,21)/t14-/m0/s1. The first-order valence-corrected chi connectivity index (χ1v) is 8.20. The Morgan fingerprint density at radius 1 is 1.08 bits per heavy atom. The minimum Gasteiger partial charge on any atom is -0.488 e. The number of carbonyl (C=O) groups excluding carboxylic acids is 2. The second kappa shape index (κ2) is 6.59. The van der Waals surface area contributed by atoms with E-state index in [2.05, 4.69) is 5.32 Å². The molecule has 4 rings (SSSR count). The van der Waals surface area contributed by atoms with Crippen LogP contribution in [0.3, 0.4) is 0 Å². The van der Waals surface area contributed by atoms with Crippen LogP contribution in [0.15, 0.2) is 36.4 Å². The number of esters is 1. The van der Waals surface area contributed by atoms with Crippen LogP contribution < -0.4 is 19.5 Å². The molecule has 26 heavy (non-hydrogen) atoms. The van der Waals surface area contributed by atoms with Crippen LogP contribution in [0, 0.1) is 0 Å². The van der Waals surface area contributed by atoms with Gasteiger partial charge in [0.1, 0.15) is 11.9 Å². The fourth-order valence-electron chi connectivity index (χ4n) is 3.03. The molecule has 0 bridgehead atoms. The SMILES string of the molecule is COC(=O)c1ccc2c(c1)C[C@@H](CNC(=O)c1ccc3c(c1)OCO3)O2. The van der Waals surface area contributed by atoms with E-state index in [9.17, 15) is 9.59 Å². The van der Waals surface area contributed by atoms with Gasteiger partial charge in [-0.1, -0.05) is 0 Å². The van der Waals surface area contributed by atoms with Gasteiger partial charge in [-0.3, -0.25) is 4.79 Å². The first-order valence-electron chi connectivity index (χ1n) is 8.20. The van der Waals surface area contributed by atoms with Crippen molar-refractivity contribution in [2.75, 3.05) is 20.4 Å². The summed E-state index contributed by atoms with van der Waals surface area (Å²) in [5.41, 5.74) is 1.91. The maximum absolute atomic E-state index is 12.3. The van der Waals surface area contributed by atoms with Crippen LogP contribution in [0.25, 0.3) is 0 Å². The van der Waals surface area contributed by atoms with E-state index in [0.29, 0.717) is 35.6 Å². The second-order valence-corrected chi connectivity index (χ2v) is 6.04. The summed E-state index contributed by atoms with van der Waals surface area (Å²) in [4.78, 5) is 23.9. The van der Waals surface area contributed by atoms with E-state index >= 15 is 0 Å². The van der Waals surface area contributed by atoms with E-state index in [-0.39, 0.29) is 24.8 Å². The monoisotopic (exact) mass is 355 g/mol. The lowest BCUT2D eigenvalue weighted by Gasteiger charge is -2.12. The number of benzene rings is 2. The lowest BCUT2D eigenvalue weighted by molar-refractivity contribution is 0.0600. The zero-order valence-corrected chi connectivity index (χ0v) is 14.1. The molecular formula is C19H17NO6. The predicted octanol–water partition coefficient (Wildman–Crippen LogP) is 1.94. The molecule has 0 aromatic heterocycles. The summed E-state index contributed by atoms with van der Waals surface area (Å²) >= 11 is 0.